The fourth-order valence-corrected chi connectivity index (χ4v) is 3.79. The summed E-state index contributed by atoms with van der Waals surface area (Å²) in [7, 11) is 1.93. The molecule has 0 amide bonds. The van der Waals surface area contributed by atoms with Gasteiger partial charge in [0.2, 0.25) is 0 Å². The molecule has 27 heavy (non-hydrogen) atoms. The average molecular weight is 374 g/mol. The first kappa shape index (κ1) is 19.7. The van der Waals surface area contributed by atoms with Crippen LogP contribution in [0.1, 0.15) is 48.7 Å². The van der Waals surface area contributed by atoms with E-state index in [9.17, 15) is 9.90 Å². The number of carbonyl (C=O) groups excluding carboxylic acids is 1. The minimum atomic E-state index is -0.566. The third-order valence-corrected chi connectivity index (χ3v) is 5.38. The van der Waals surface area contributed by atoms with Crippen LogP contribution in [0.15, 0.2) is 18.2 Å². The Morgan fingerprint density at radius 1 is 1.37 bits per heavy atom. The summed E-state index contributed by atoms with van der Waals surface area (Å²) in [6.45, 7) is 4.79. The number of aromatic nitrogens is 1. The van der Waals surface area contributed by atoms with Crippen LogP contribution >= 0.6 is 0 Å². The quantitative estimate of drug-likeness (QED) is 0.695. The number of rotatable bonds is 8. The summed E-state index contributed by atoms with van der Waals surface area (Å²) in [5.41, 5.74) is 2.39. The van der Waals surface area contributed by atoms with Gasteiger partial charge in [0.15, 0.2) is 0 Å². The molecule has 0 spiro atoms. The van der Waals surface area contributed by atoms with Gasteiger partial charge in [0.1, 0.15) is 18.5 Å². The molecule has 1 saturated carbocycles. The zero-order chi connectivity index (χ0) is 19.4. The van der Waals surface area contributed by atoms with Crippen molar-refractivity contribution in [3.05, 3.63) is 29.5 Å². The number of hydrogen-bond donors (Lipinski definition) is 2. The number of aryl methyl sites for hydroxylation is 1. The predicted octanol–water partition coefficient (Wildman–Crippen LogP) is 2.94. The van der Waals surface area contributed by atoms with E-state index in [1.165, 1.54) is 25.7 Å². The molecule has 1 aromatic heterocycles. The van der Waals surface area contributed by atoms with Gasteiger partial charge in [-0.2, -0.15) is 0 Å². The molecule has 1 aliphatic rings. The van der Waals surface area contributed by atoms with Crippen molar-refractivity contribution >= 4 is 16.9 Å². The molecule has 2 N–H and O–H groups in total. The van der Waals surface area contributed by atoms with E-state index in [1.807, 2.05) is 36.7 Å². The van der Waals surface area contributed by atoms with Crippen molar-refractivity contribution in [2.45, 2.75) is 51.7 Å². The third-order valence-electron chi connectivity index (χ3n) is 5.38. The first-order valence-electron chi connectivity index (χ1n) is 9.81. The van der Waals surface area contributed by atoms with Crippen molar-refractivity contribution < 1.29 is 19.4 Å². The van der Waals surface area contributed by atoms with Crippen molar-refractivity contribution in [3.63, 3.8) is 0 Å². The molecule has 6 nitrogen and oxygen atoms in total. The van der Waals surface area contributed by atoms with E-state index in [2.05, 4.69) is 5.32 Å². The van der Waals surface area contributed by atoms with Gasteiger partial charge in [-0.05, 0) is 44.9 Å². The van der Waals surface area contributed by atoms with Gasteiger partial charge in [0, 0.05) is 36.2 Å². The van der Waals surface area contributed by atoms with Gasteiger partial charge < -0.3 is 24.5 Å². The second kappa shape index (κ2) is 8.76. The molecule has 3 rings (SSSR count). The highest BCUT2D eigenvalue weighted by Gasteiger charge is 2.20. The Balaban J connectivity index is 1.68. The average Bonchev–Trinajstić information content (AvgIpc) is 3.26. The van der Waals surface area contributed by atoms with Gasteiger partial charge in [0.25, 0.3) is 0 Å². The molecule has 0 unspecified atom stereocenters. The maximum Gasteiger partial charge on any atom is 0.340 e. The van der Waals surface area contributed by atoms with Crippen molar-refractivity contribution in [1.29, 1.82) is 0 Å². The zero-order valence-electron chi connectivity index (χ0n) is 16.5. The minimum Gasteiger partial charge on any atom is -0.491 e. The summed E-state index contributed by atoms with van der Waals surface area (Å²) in [5, 5.41) is 14.4. The number of nitrogens with one attached hydrogen (secondary N) is 1. The van der Waals surface area contributed by atoms with Crippen molar-refractivity contribution in [1.82, 2.24) is 9.88 Å². The van der Waals surface area contributed by atoms with Gasteiger partial charge in [0.05, 0.1) is 12.2 Å². The normalized spacial score (nSPS) is 16.0. The number of carbonyl (C=O) groups is 1. The lowest BCUT2D eigenvalue weighted by molar-refractivity contribution is 0.0527. The summed E-state index contributed by atoms with van der Waals surface area (Å²) >= 11 is 0. The van der Waals surface area contributed by atoms with E-state index >= 15 is 0 Å². The van der Waals surface area contributed by atoms with E-state index in [1.54, 1.807) is 6.92 Å². The lowest BCUT2D eigenvalue weighted by Crippen LogP contribution is -2.36. The molecule has 0 aliphatic heterocycles. The molecule has 1 aromatic carbocycles. The summed E-state index contributed by atoms with van der Waals surface area (Å²) in [6.07, 6.45) is 4.35. The van der Waals surface area contributed by atoms with Crippen LogP contribution in [-0.2, 0) is 11.8 Å². The molecule has 6 heteroatoms. The highest BCUT2D eigenvalue weighted by molar-refractivity contribution is 6.06. The number of aliphatic hydroxyl groups is 1. The van der Waals surface area contributed by atoms with Crippen LogP contribution < -0.4 is 10.1 Å². The number of aliphatic hydroxyl groups excluding tert-OH is 1. The van der Waals surface area contributed by atoms with Gasteiger partial charge in [-0.25, -0.2) is 4.79 Å². The van der Waals surface area contributed by atoms with E-state index in [-0.39, 0.29) is 12.6 Å². The molecule has 148 valence electrons. The number of benzene rings is 1. The summed E-state index contributed by atoms with van der Waals surface area (Å²) < 4.78 is 13.0. The van der Waals surface area contributed by atoms with E-state index in [4.69, 9.17) is 9.47 Å². The Kier molecular flexibility index (Phi) is 6.39. The second-order valence-corrected chi connectivity index (χ2v) is 7.27. The number of fused-ring (bicyclic) bond motifs is 1. The van der Waals surface area contributed by atoms with Gasteiger partial charge in [-0.1, -0.05) is 12.8 Å². The van der Waals surface area contributed by atoms with E-state index in [0.717, 1.165) is 16.6 Å². The first-order chi connectivity index (χ1) is 13.0. The van der Waals surface area contributed by atoms with Crippen molar-refractivity contribution in [2.75, 3.05) is 19.8 Å². The molecule has 0 saturated heterocycles. The monoisotopic (exact) mass is 374 g/mol. The predicted molar refractivity (Wildman–Crippen MR) is 105 cm³/mol. The third kappa shape index (κ3) is 4.45. The molecule has 2 aromatic rings. The Morgan fingerprint density at radius 2 is 2.11 bits per heavy atom. The largest absolute Gasteiger partial charge is 0.491 e. The van der Waals surface area contributed by atoms with Crippen LogP contribution in [0.2, 0.25) is 0 Å². The standard InChI is InChI=1S/C21H30N2O4/c1-4-26-21(25)20-14(2)23(3)19-10-9-17(11-18(19)20)27-13-16(24)12-22-15-7-5-6-8-15/h9-11,15-16,22,24H,4-8,12-13H2,1-3H3/t16-/m1/s1. The second-order valence-electron chi connectivity index (χ2n) is 7.27. The molecule has 0 radical (unpaired) electrons. The highest BCUT2D eigenvalue weighted by Crippen LogP contribution is 2.29. The number of esters is 1. The van der Waals surface area contributed by atoms with Crippen LogP contribution in [0.3, 0.4) is 0 Å². The van der Waals surface area contributed by atoms with E-state index in [0.29, 0.717) is 30.5 Å². The first-order valence-corrected chi connectivity index (χ1v) is 9.81. The summed E-state index contributed by atoms with van der Waals surface area (Å²) in [5.74, 6) is 0.317. The van der Waals surface area contributed by atoms with Crippen molar-refractivity contribution in [3.8, 4) is 5.75 Å². The topological polar surface area (TPSA) is 72.7 Å². The molecule has 1 fully saturated rings. The summed E-state index contributed by atoms with van der Waals surface area (Å²) in [4.78, 5) is 12.4. The smallest absolute Gasteiger partial charge is 0.340 e. The minimum absolute atomic E-state index is 0.214. The fourth-order valence-electron chi connectivity index (χ4n) is 3.79. The maximum atomic E-state index is 12.4. The Bertz CT molecular complexity index is 793. The van der Waals surface area contributed by atoms with Gasteiger partial charge in [-0.3, -0.25) is 0 Å². The molecular weight excluding hydrogens is 344 g/mol. The van der Waals surface area contributed by atoms with Crippen LogP contribution in [0, 0.1) is 6.92 Å². The fraction of sp³-hybridized carbons (Fsp3) is 0.571. The Morgan fingerprint density at radius 3 is 2.81 bits per heavy atom. The Labute approximate surface area is 160 Å². The van der Waals surface area contributed by atoms with E-state index < -0.39 is 6.10 Å². The number of hydrogen-bond acceptors (Lipinski definition) is 5. The van der Waals surface area contributed by atoms with Crippen molar-refractivity contribution in [2.24, 2.45) is 7.05 Å². The van der Waals surface area contributed by atoms with Crippen LogP contribution in [0.4, 0.5) is 0 Å². The Hall–Kier alpha value is -2.05. The number of ether oxygens (including phenoxy) is 2. The lowest BCUT2D eigenvalue weighted by atomic mass is 10.1. The van der Waals surface area contributed by atoms with Gasteiger partial charge in [-0.15, -0.1) is 0 Å². The number of nitrogens with zero attached hydrogens (tertiary/aromatic N) is 1. The summed E-state index contributed by atoms with van der Waals surface area (Å²) in [6, 6.07) is 6.18. The van der Waals surface area contributed by atoms with Crippen LogP contribution in [0.25, 0.3) is 10.9 Å². The SMILES string of the molecule is CCOC(=O)c1c(C)n(C)c2ccc(OC[C@H](O)CNC3CCCC3)cc12. The molecule has 0 bridgehead atoms. The maximum absolute atomic E-state index is 12.4. The van der Waals surface area contributed by atoms with Crippen LogP contribution in [0.5, 0.6) is 5.75 Å². The molecule has 1 heterocycles. The molecule has 1 atom stereocenters. The lowest BCUT2D eigenvalue weighted by Gasteiger charge is -2.16. The highest BCUT2D eigenvalue weighted by atomic mass is 16.5. The zero-order valence-corrected chi connectivity index (χ0v) is 16.5. The molecule has 1 aliphatic carbocycles. The molecular formula is C21H30N2O4. The van der Waals surface area contributed by atoms with Gasteiger partial charge >= 0.3 is 5.97 Å². The van der Waals surface area contributed by atoms with Crippen LogP contribution in [-0.4, -0.2) is 47.5 Å².